The molecule has 2 rings (SSSR count). The number of nitrogens with zero attached hydrogens (tertiary/aromatic N) is 4. The number of hydrogen-bond donors (Lipinski definition) is 2. The van der Waals surface area contributed by atoms with Crippen LogP contribution in [-0.4, -0.2) is 27.6 Å². The molecular formula is C7H10N6O2S2. The molecule has 0 atom stereocenters. The van der Waals surface area contributed by atoms with Crippen molar-refractivity contribution in [1.29, 1.82) is 0 Å². The Morgan fingerprint density at radius 1 is 1.53 bits per heavy atom. The zero-order valence-corrected chi connectivity index (χ0v) is 10.7. The second-order valence-electron chi connectivity index (χ2n) is 3.30. The highest BCUT2D eigenvalue weighted by molar-refractivity contribution is 7.93. The maximum Gasteiger partial charge on any atom is 0.268 e. The van der Waals surface area contributed by atoms with Gasteiger partial charge in [0.05, 0.1) is 0 Å². The molecular weight excluding hydrogens is 264 g/mol. The van der Waals surface area contributed by atoms with E-state index in [-0.39, 0.29) is 15.8 Å². The molecule has 0 unspecified atom stereocenters. The molecule has 0 bridgehead atoms. The van der Waals surface area contributed by atoms with Crippen LogP contribution in [0.15, 0.2) is 11.1 Å². The number of nitrogens with two attached hydrogens (primary N) is 1. The van der Waals surface area contributed by atoms with Crippen LogP contribution in [0.4, 0.5) is 10.9 Å². The first-order valence-electron chi connectivity index (χ1n) is 4.51. The van der Waals surface area contributed by atoms with Crippen molar-refractivity contribution in [3.05, 3.63) is 12.0 Å². The first kappa shape index (κ1) is 11.8. The quantitative estimate of drug-likeness (QED) is 0.811. The number of rotatable bonds is 3. The monoisotopic (exact) mass is 274 g/mol. The summed E-state index contributed by atoms with van der Waals surface area (Å²) in [6, 6.07) is 0. The molecule has 92 valence electrons. The molecule has 3 N–H and O–H groups in total. The number of hydrogen-bond acceptors (Lipinski definition) is 7. The van der Waals surface area contributed by atoms with Crippen molar-refractivity contribution in [3.63, 3.8) is 0 Å². The van der Waals surface area contributed by atoms with Crippen LogP contribution in [0.25, 0.3) is 0 Å². The van der Waals surface area contributed by atoms with Gasteiger partial charge in [-0.15, -0.1) is 0 Å². The Morgan fingerprint density at radius 3 is 2.71 bits per heavy atom. The second kappa shape index (κ2) is 3.96. The van der Waals surface area contributed by atoms with E-state index >= 15 is 0 Å². The van der Waals surface area contributed by atoms with E-state index in [9.17, 15) is 8.42 Å². The van der Waals surface area contributed by atoms with Gasteiger partial charge in [-0.25, -0.2) is 13.4 Å². The fourth-order valence-corrected chi connectivity index (χ4v) is 3.10. The van der Waals surface area contributed by atoms with Gasteiger partial charge in [-0.3, -0.25) is 9.40 Å². The number of aromatic nitrogens is 4. The summed E-state index contributed by atoms with van der Waals surface area (Å²) in [5.41, 5.74) is 5.50. The Kier molecular flexibility index (Phi) is 2.75. The van der Waals surface area contributed by atoms with Gasteiger partial charge in [-0.1, -0.05) is 0 Å². The van der Waals surface area contributed by atoms with Crippen molar-refractivity contribution in [2.24, 2.45) is 7.05 Å². The third-order valence-electron chi connectivity index (χ3n) is 1.86. The van der Waals surface area contributed by atoms with Crippen molar-refractivity contribution < 1.29 is 8.42 Å². The van der Waals surface area contributed by atoms with Crippen molar-refractivity contribution in [2.75, 3.05) is 10.5 Å². The van der Waals surface area contributed by atoms with Crippen LogP contribution in [-0.2, 0) is 17.1 Å². The van der Waals surface area contributed by atoms with Crippen LogP contribution in [0, 0.1) is 6.92 Å². The average molecular weight is 274 g/mol. The SMILES string of the molecule is Cc1nsc(NS(=O)(=O)c2cn(C)nc2N)n1. The molecule has 0 fully saturated rings. The van der Waals surface area contributed by atoms with Crippen LogP contribution in [0.1, 0.15) is 5.82 Å². The Balaban J connectivity index is 2.34. The van der Waals surface area contributed by atoms with Crippen molar-refractivity contribution >= 4 is 32.5 Å². The second-order valence-corrected chi connectivity index (χ2v) is 5.71. The lowest BCUT2D eigenvalue weighted by atomic mass is 10.7. The lowest BCUT2D eigenvalue weighted by Crippen LogP contribution is -2.13. The van der Waals surface area contributed by atoms with Gasteiger partial charge >= 0.3 is 0 Å². The molecule has 2 aromatic rings. The van der Waals surface area contributed by atoms with E-state index in [1.807, 2.05) is 0 Å². The molecule has 0 aliphatic rings. The predicted molar refractivity (Wildman–Crippen MR) is 63.1 cm³/mol. The Labute approximate surface area is 102 Å². The molecule has 0 saturated carbocycles. The number of aryl methyl sites for hydroxylation is 2. The maximum atomic E-state index is 11.9. The highest BCUT2D eigenvalue weighted by Gasteiger charge is 2.22. The summed E-state index contributed by atoms with van der Waals surface area (Å²) in [4.78, 5) is 3.83. The summed E-state index contributed by atoms with van der Waals surface area (Å²) in [5.74, 6) is 0.452. The first-order chi connectivity index (χ1) is 7.88. The summed E-state index contributed by atoms with van der Waals surface area (Å²) < 4.78 is 31.4. The van der Waals surface area contributed by atoms with E-state index in [2.05, 4.69) is 19.2 Å². The molecule has 0 amide bonds. The minimum Gasteiger partial charge on any atom is -0.381 e. The average Bonchev–Trinajstić information content (AvgIpc) is 2.72. The Hall–Kier alpha value is -1.68. The molecule has 0 spiro atoms. The molecule has 0 saturated heterocycles. The summed E-state index contributed by atoms with van der Waals surface area (Å²) in [5, 5.41) is 3.97. The van der Waals surface area contributed by atoms with Gasteiger partial charge in [0.15, 0.2) is 5.82 Å². The summed E-state index contributed by atoms with van der Waals surface area (Å²) in [6.07, 6.45) is 1.32. The number of anilines is 2. The van der Waals surface area contributed by atoms with Crippen LogP contribution in [0.5, 0.6) is 0 Å². The first-order valence-corrected chi connectivity index (χ1v) is 6.76. The van der Waals surface area contributed by atoms with Crippen molar-refractivity contribution in [2.45, 2.75) is 11.8 Å². The van der Waals surface area contributed by atoms with E-state index in [0.717, 1.165) is 11.5 Å². The smallest absolute Gasteiger partial charge is 0.268 e. The Bertz CT molecular complexity index is 643. The van der Waals surface area contributed by atoms with Crippen molar-refractivity contribution in [3.8, 4) is 0 Å². The molecule has 0 aliphatic heterocycles. The maximum absolute atomic E-state index is 11.9. The minimum absolute atomic E-state index is 0.0544. The minimum atomic E-state index is -3.76. The van der Waals surface area contributed by atoms with E-state index in [1.165, 1.54) is 10.9 Å². The topological polar surface area (TPSA) is 116 Å². The van der Waals surface area contributed by atoms with Crippen LogP contribution in [0.2, 0.25) is 0 Å². The third-order valence-corrected chi connectivity index (χ3v) is 4.07. The number of nitrogens with one attached hydrogen (secondary N) is 1. The van der Waals surface area contributed by atoms with E-state index in [0.29, 0.717) is 5.82 Å². The van der Waals surface area contributed by atoms with Crippen molar-refractivity contribution in [1.82, 2.24) is 19.1 Å². The van der Waals surface area contributed by atoms with Gasteiger partial charge < -0.3 is 5.73 Å². The molecule has 2 heterocycles. The molecule has 8 nitrogen and oxygen atoms in total. The molecule has 2 aromatic heterocycles. The summed E-state index contributed by atoms with van der Waals surface area (Å²) >= 11 is 0.964. The zero-order valence-electron chi connectivity index (χ0n) is 9.08. The van der Waals surface area contributed by atoms with Gasteiger partial charge in [0.25, 0.3) is 10.0 Å². The Morgan fingerprint density at radius 2 is 2.24 bits per heavy atom. The largest absolute Gasteiger partial charge is 0.381 e. The molecule has 10 heteroatoms. The van der Waals surface area contributed by atoms with Gasteiger partial charge in [0.2, 0.25) is 5.13 Å². The lowest BCUT2D eigenvalue weighted by Gasteiger charge is -2.01. The van der Waals surface area contributed by atoms with Gasteiger partial charge in [-0.2, -0.15) is 9.47 Å². The zero-order chi connectivity index (χ0) is 12.6. The van der Waals surface area contributed by atoms with E-state index in [4.69, 9.17) is 5.73 Å². The van der Waals surface area contributed by atoms with Gasteiger partial charge in [-0.05, 0) is 6.92 Å². The number of nitrogen functional groups attached to an aromatic ring is 1. The number of sulfonamides is 1. The van der Waals surface area contributed by atoms with E-state index < -0.39 is 10.0 Å². The van der Waals surface area contributed by atoms with Gasteiger partial charge in [0.1, 0.15) is 10.7 Å². The molecule has 0 radical (unpaired) electrons. The highest BCUT2D eigenvalue weighted by atomic mass is 32.2. The third kappa shape index (κ3) is 2.36. The fraction of sp³-hybridized carbons (Fsp3) is 0.286. The lowest BCUT2D eigenvalue weighted by molar-refractivity contribution is 0.601. The highest BCUT2D eigenvalue weighted by Crippen LogP contribution is 2.20. The van der Waals surface area contributed by atoms with E-state index in [1.54, 1.807) is 14.0 Å². The normalized spacial score (nSPS) is 11.6. The summed E-state index contributed by atoms with van der Waals surface area (Å²) in [7, 11) is -2.17. The van der Waals surface area contributed by atoms with Crippen LogP contribution >= 0.6 is 11.5 Å². The molecule has 0 aliphatic carbocycles. The predicted octanol–water partition coefficient (Wildman–Crippen LogP) is -0.0370. The van der Waals surface area contributed by atoms with Crippen LogP contribution < -0.4 is 10.5 Å². The fourth-order valence-electron chi connectivity index (χ4n) is 1.20. The van der Waals surface area contributed by atoms with Gasteiger partial charge in [0, 0.05) is 24.8 Å². The standard InChI is InChI=1S/C7H10N6O2S2/c1-4-9-7(16-11-4)12-17(14,15)5-3-13(2)10-6(5)8/h3H,1-2H3,(H2,8,10)(H,9,11,12). The molecule has 17 heavy (non-hydrogen) atoms. The van der Waals surface area contributed by atoms with Crippen LogP contribution in [0.3, 0.4) is 0 Å². The molecule has 0 aromatic carbocycles. The summed E-state index contributed by atoms with van der Waals surface area (Å²) in [6.45, 7) is 1.67.